The molecular weight excluding hydrogens is 272 g/mol. The zero-order valence-electron chi connectivity index (χ0n) is 13.2. The van der Waals surface area contributed by atoms with Gasteiger partial charge in [-0.15, -0.1) is 0 Å². The lowest BCUT2D eigenvalue weighted by atomic mass is 10.1. The van der Waals surface area contributed by atoms with Crippen LogP contribution in [-0.4, -0.2) is 4.98 Å². The minimum Gasteiger partial charge on any atom is -0.380 e. The number of nitrogens with one attached hydrogen (secondary N) is 2. The molecule has 1 aromatic heterocycles. The first-order valence-corrected chi connectivity index (χ1v) is 7.48. The average molecular weight is 292 g/mol. The van der Waals surface area contributed by atoms with Crippen molar-refractivity contribution in [2.75, 3.05) is 5.32 Å². The van der Waals surface area contributed by atoms with Crippen LogP contribution >= 0.6 is 0 Å². The molecule has 0 aliphatic heterocycles. The largest absolute Gasteiger partial charge is 0.380 e. The minimum absolute atomic E-state index is 0.0273. The van der Waals surface area contributed by atoms with Gasteiger partial charge in [0.25, 0.3) is 5.56 Å². The molecule has 3 rings (SSSR count). The summed E-state index contributed by atoms with van der Waals surface area (Å²) in [4.78, 5) is 15.3. The molecule has 0 aliphatic carbocycles. The number of para-hydroxylation sites is 2. The fourth-order valence-electron chi connectivity index (χ4n) is 2.84. The van der Waals surface area contributed by atoms with Crippen molar-refractivity contribution in [1.82, 2.24) is 4.98 Å². The Bertz CT molecular complexity index is 873. The highest BCUT2D eigenvalue weighted by Gasteiger charge is 2.06. The third-order valence-corrected chi connectivity index (χ3v) is 4.10. The SMILES string of the molecule is Cc1cccc(C)c1NCc1cc2cccc(C)c2[nH]c1=O. The van der Waals surface area contributed by atoms with Gasteiger partial charge in [-0.2, -0.15) is 0 Å². The van der Waals surface area contributed by atoms with Crippen molar-refractivity contribution < 1.29 is 0 Å². The zero-order chi connectivity index (χ0) is 15.7. The van der Waals surface area contributed by atoms with Crippen LogP contribution in [0.1, 0.15) is 22.3 Å². The van der Waals surface area contributed by atoms with E-state index < -0.39 is 0 Å². The number of benzene rings is 2. The van der Waals surface area contributed by atoms with E-state index in [0.29, 0.717) is 6.54 Å². The van der Waals surface area contributed by atoms with Crippen LogP contribution in [0.2, 0.25) is 0 Å². The Morgan fingerprint density at radius 3 is 2.32 bits per heavy atom. The average Bonchev–Trinajstić information content (AvgIpc) is 2.48. The normalized spacial score (nSPS) is 10.9. The number of H-pyrrole nitrogens is 1. The van der Waals surface area contributed by atoms with Crippen LogP contribution in [0, 0.1) is 20.8 Å². The van der Waals surface area contributed by atoms with Gasteiger partial charge in [0.15, 0.2) is 0 Å². The van der Waals surface area contributed by atoms with Gasteiger partial charge in [0.1, 0.15) is 0 Å². The van der Waals surface area contributed by atoms with Crippen molar-refractivity contribution in [3.63, 3.8) is 0 Å². The summed E-state index contributed by atoms with van der Waals surface area (Å²) >= 11 is 0. The Hall–Kier alpha value is -2.55. The second-order valence-corrected chi connectivity index (χ2v) is 5.78. The van der Waals surface area contributed by atoms with Crippen LogP contribution in [0.5, 0.6) is 0 Å². The summed E-state index contributed by atoms with van der Waals surface area (Å²) in [6.45, 7) is 6.67. The lowest BCUT2D eigenvalue weighted by Gasteiger charge is -2.13. The van der Waals surface area contributed by atoms with E-state index in [4.69, 9.17) is 0 Å². The van der Waals surface area contributed by atoms with E-state index in [9.17, 15) is 4.79 Å². The van der Waals surface area contributed by atoms with Crippen molar-refractivity contribution in [2.24, 2.45) is 0 Å². The fraction of sp³-hybridized carbons (Fsp3) is 0.211. The molecule has 0 saturated carbocycles. The van der Waals surface area contributed by atoms with Gasteiger partial charge >= 0.3 is 0 Å². The molecule has 0 bridgehead atoms. The van der Waals surface area contributed by atoms with Gasteiger partial charge in [0.05, 0.1) is 5.52 Å². The third-order valence-electron chi connectivity index (χ3n) is 4.10. The van der Waals surface area contributed by atoms with Crippen LogP contribution in [0.3, 0.4) is 0 Å². The number of hydrogen-bond donors (Lipinski definition) is 2. The lowest BCUT2D eigenvalue weighted by Crippen LogP contribution is -2.16. The molecule has 0 fully saturated rings. The van der Waals surface area contributed by atoms with Crippen molar-refractivity contribution in [2.45, 2.75) is 27.3 Å². The maximum Gasteiger partial charge on any atom is 0.253 e. The van der Waals surface area contributed by atoms with Crippen LogP contribution in [0.4, 0.5) is 5.69 Å². The van der Waals surface area contributed by atoms with Crippen LogP contribution in [-0.2, 0) is 6.54 Å². The Kier molecular flexibility index (Phi) is 3.72. The molecule has 0 amide bonds. The van der Waals surface area contributed by atoms with E-state index in [0.717, 1.165) is 27.7 Å². The number of aromatic nitrogens is 1. The van der Waals surface area contributed by atoms with Crippen molar-refractivity contribution in [3.05, 3.63) is 75.1 Å². The number of pyridine rings is 1. The molecule has 0 radical (unpaired) electrons. The molecule has 3 aromatic rings. The van der Waals surface area contributed by atoms with Crippen molar-refractivity contribution >= 4 is 16.6 Å². The molecule has 22 heavy (non-hydrogen) atoms. The van der Waals surface area contributed by atoms with Crippen LogP contribution < -0.4 is 10.9 Å². The summed E-state index contributed by atoms with van der Waals surface area (Å²) in [6, 6.07) is 14.2. The monoisotopic (exact) mass is 292 g/mol. The van der Waals surface area contributed by atoms with Crippen molar-refractivity contribution in [1.29, 1.82) is 0 Å². The number of anilines is 1. The van der Waals surface area contributed by atoms with Crippen LogP contribution in [0.15, 0.2) is 47.3 Å². The van der Waals surface area contributed by atoms with E-state index in [2.05, 4.69) is 36.3 Å². The summed E-state index contributed by atoms with van der Waals surface area (Å²) in [6.07, 6.45) is 0. The smallest absolute Gasteiger partial charge is 0.253 e. The standard InChI is InChI=1S/C19H20N2O/c1-12-6-4-7-13(2)17(12)20-11-16-10-15-9-5-8-14(3)18(15)21-19(16)22/h4-10,20H,11H2,1-3H3,(H,21,22). The molecule has 0 unspecified atom stereocenters. The van der Waals surface area contributed by atoms with E-state index in [1.807, 2.05) is 37.3 Å². The van der Waals surface area contributed by atoms with Gasteiger partial charge < -0.3 is 10.3 Å². The topological polar surface area (TPSA) is 44.9 Å². The summed E-state index contributed by atoms with van der Waals surface area (Å²) in [5.41, 5.74) is 6.21. The molecule has 0 atom stereocenters. The second kappa shape index (κ2) is 5.68. The van der Waals surface area contributed by atoms with E-state index in [1.54, 1.807) is 0 Å². The van der Waals surface area contributed by atoms with Crippen molar-refractivity contribution in [3.8, 4) is 0 Å². The first-order chi connectivity index (χ1) is 10.6. The maximum absolute atomic E-state index is 12.3. The first-order valence-electron chi connectivity index (χ1n) is 7.48. The number of aryl methyl sites for hydroxylation is 3. The zero-order valence-corrected chi connectivity index (χ0v) is 13.2. The fourth-order valence-corrected chi connectivity index (χ4v) is 2.84. The summed E-state index contributed by atoms with van der Waals surface area (Å²) in [5.74, 6) is 0. The molecule has 2 N–H and O–H groups in total. The number of aromatic amines is 1. The van der Waals surface area contributed by atoms with Gasteiger partial charge in [0.2, 0.25) is 0 Å². The lowest BCUT2D eigenvalue weighted by molar-refractivity contribution is 1.08. The second-order valence-electron chi connectivity index (χ2n) is 5.78. The quantitative estimate of drug-likeness (QED) is 0.764. The van der Waals surface area contributed by atoms with Gasteiger partial charge in [-0.05, 0) is 48.9 Å². The van der Waals surface area contributed by atoms with Gasteiger partial charge in [-0.25, -0.2) is 0 Å². The molecule has 3 heteroatoms. The molecule has 3 nitrogen and oxygen atoms in total. The Morgan fingerprint density at radius 1 is 0.955 bits per heavy atom. The van der Waals surface area contributed by atoms with E-state index >= 15 is 0 Å². The summed E-state index contributed by atoms with van der Waals surface area (Å²) < 4.78 is 0. The molecular formula is C19H20N2O. The van der Waals surface area contributed by atoms with E-state index in [-0.39, 0.29) is 5.56 Å². The minimum atomic E-state index is -0.0273. The van der Waals surface area contributed by atoms with Gasteiger partial charge in [-0.1, -0.05) is 36.4 Å². The number of fused-ring (bicyclic) bond motifs is 1. The summed E-state index contributed by atoms with van der Waals surface area (Å²) in [5, 5.41) is 4.47. The Balaban J connectivity index is 1.95. The molecule has 2 aromatic carbocycles. The highest BCUT2D eigenvalue weighted by molar-refractivity contribution is 5.82. The molecule has 112 valence electrons. The predicted molar refractivity (Wildman–Crippen MR) is 92.5 cm³/mol. The number of hydrogen-bond acceptors (Lipinski definition) is 2. The molecule has 0 spiro atoms. The molecule has 0 saturated heterocycles. The van der Waals surface area contributed by atoms with Gasteiger partial charge in [-0.3, -0.25) is 4.79 Å². The highest BCUT2D eigenvalue weighted by Crippen LogP contribution is 2.20. The summed E-state index contributed by atoms with van der Waals surface area (Å²) in [7, 11) is 0. The maximum atomic E-state index is 12.3. The van der Waals surface area contributed by atoms with Crippen LogP contribution in [0.25, 0.3) is 10.9 Å². The number of rotatable bonds is 3. The van der Waals surface area contributed by atoms with E-state index in [1.165, 1.54) is 11.1 Å². The Labute approximate surface area is 130 Å². The third kappa shape index (κ3) is 2.62. The first kappa shape index (κ1) is 14.4. The predicted octanol–water partition coefficient (Wildman–Crippen LogP) is 4.07. The van der Waals surface area contributed by atoms with Gasteiger partial charge in [0, 0.05) is 17.8 Å². The molecule has 0 aliphatic rings. The Morgan fingerprint density at radius 2 is 1.59 bits per heavy atom. The highest BCUT2D eigenvalue weighted by atomic mass is 16.1. The molecule has 1 heterocycles.